The van der Waals surface area contributed by atoms with E-state index in [9.17, 15) is 9.59 Å². The molecular weight excluding hydrogens is 394 g/mol. The molecule has 0 N–H and O–H groups in total. The molecule has 1 aliphatic heterocycles. The first-order chi connectivity index (χ1) is 15.7. The first-order valence-electron chi connectivity index (χ1n) is 10.9. The highest BCUT2D eigenvalue weighted by atomic mass is 16.2. The van der Waals surface area contributed by atoms with Crippen molar-refractivity contribution in [3.05, 3.63) is 114 Å². The number of nitrogens with zero attached hydrogens (tertiary/aromatic N) is 1. The fourth-order valence-electron chi connectivity index (χ4n) is 4.46. The van der Waals surface area contributed by atoms with Crippen LogP contribution in [0.5, 0.6) is 0 Å². The second-order valence-electron chi connectivity index (χ2n) is 8.06. The molecule has 1 amide bonds. The zero-order valence-corrected chi connectivity index (χ0v) is 17.7. The first kappa shape index (κ1) is 20.0. The molecule has 32 heavy (non-hydrogen) atoms. The average Bonchev–Trinajstić information content (AvgIpc) is 2.86. The highest BCUT2D eigenvalue weighted by molar-refractivity contribution is 6.03. The Bertz CT molecular complexity index is 1260. The van der Waals surface area contributed by atoms with Gasteiger partial charge in [-0.1, -0.05) is 97.1 Å². The van der Waals surface area contributed by atoms with Gasteiger partial charge in [-0.15, -0.1) is 0 Å². The third-order valence-electron chi connectivity index (χ3n) is 6.09. The van der Waals surface area contributed by atoms with E-state index in [1.165, 1.54) is 5.56 Å². The van der Waals surface area contributed by atoms with Crippen molar-refractivity contribution in [2.24, 2.45) is 0 Å². The number of fused-ring (bicyclic) bond motifs is 1. The topological polar surface area (TPSA) is 37.4 Å². The van der Waals surface area contributed by atoms with E-state index in [1.54, 1.807) is 0 Å². The molecule has 0 fully saturated rings. The van der Waals surface area contributed by atoms with Gasteiger partial charge in [-0.3, -0.25) is 9.59 Å². The Morgan fingerprint density at radius 3 is 1.97 bits per heavy atom. The van der Waals surface area contributed by atoms with Gasteiger partial charge in [0.2, 0.25) is 5.91 Å². The molecule has 0 atom stereocenters. The van der Waals surface area contributed by atoms with Gasteiger partial charge in [-0.05, 0) is 34.2 Å². The molecule has 3 heteroatoms. The lowest BCUT2D eigenvalue weighted by atomic mass is 9.90. The van der Waals surface area contributed by atoms with E-state index < -0.39 is 0 Å². The molecule has 1 heterocycles. The number of hydrogen-bond acceptors (Lipinski definition) is 2. The van der Waals surface area contributed by atoms with Crippen molar-refractivity contribution >= 4 is 17.9 Å². The van der Waals surface area contributed by atoms with Crippen molar-refractivity contribution in [1.82, 2.24) is 0 Å². The van der Waals surface area contributed by atoms with Crippen LogP contribution in [0.1, 0.15) is 27.9 Å². The minimum absolute atomic E-state index is 0.0878. The van der Waals surface area contributed by atoms with Crippen LogP contribution in [-0.2, 0) is 17.8 Å². The molecule has 0 unspecified atom stereocenters. The van der Waals surface area contributed by atoms with Crippen LogP contribution < -0.4 is 4.90 Å². The van der Waals surface area contributed by atoms with E-state index in [0.717, 1.165) is 39.8 Å². The van der Waals surface area contributed by atoms with E-state index in [2.05, 4.69) is 36.4 Å². The zero-order chi connectivity index (χ0) is 21.9. The summed E-state index contributed by atoms with van der Waals surface area (Å²) >= 11 is 0. The summed E-state index contributed by atoms with van der Waals surface area (Å²) in [6.07, 6.45) is 1.90. The lowest BCUT2D eigenvalue weighted by molar-refractivity contribution is -0.119. The smallest absolute Gasteiger partial charge is 0.227 e. The lowest BCUT2D eigenvalue weighted by Crippen LogP contribution is -2.35. The van der Waals surface area contributed by atoms with Gasteiger partial charge in [0.25, 0.3) is 0 Å². The second-order valence-corrected chi connectivity index (χ2v) is 8.06. The molecule has 0 saturated heterocycles. The van der Waals surface area contributed by atoms with Crippen molar-refractivity contribution in [2.75, 3.05) is 4.90 Å². The fraction of sp³-hybridized carbons (Fsp3) is 0.103. The molecule has 0 aromatic heterocycles. The normalized spacial score (nSPS) is 13.0. The lowest BCUT2D eigenvalue weighted by Gasteiger charge is -2.32. The maximum Gasteiger partial charge on any atom is 0.227 e. The Hall–Kier alpha value is -3.98. The molecule has 0 saturated carbocycles. The van der Waals surface area contributed by atoms with Crippen LogP contribution >= 0.6 is 0 Å². The molecule has 0 bridgehead atoms. The van der Waals surface area contributed by atoms with Crippen LogP contribution in [0, 0.1) is 0 Å². The Morgan fingerprint density at radius 2 is 1.31 bits per heavy atom. The highest BCUT2D eigenvalue weighted by Crippen LogP contribution is 2.40. The molecule has 1 aliphatic rings. The Balaban J connectivity index is 1.55. The summed E-state index contributed by atoms with van der Waals surface area (Å²) in [5.74, 6) is 0.0878. The van der Waals surface area contributed by atoms with E-state index in [-0.39, 0.29) is 5.91 Å². The number of carbonyl (C=O) groups is 2. The highest BCUT2D eigenvalue weighted by Gasteiger charge is 2.29. The minimum atomic E-state index is 0.0878. The summed E-state index contributed by atoms with van der Waals surface area (Å²) < 4.78 is 0. The molecule has 4 aromatic carbocycles. The monoisotopic (exact) mass is 417 g/mol. The van der Waals surface area contributed by atoms with Crippen LogP contribution in [0.15, 0.2) is 97.1 Å². The van der Waals surface area contributed by atoms with Crippen molar-refractivity contribution in [1.29, 1.82) is 0 Å². The van der Waals surface area contributed by atoms with Crippen molar-refractivity contribution < 1.29 is 9.59 Å². The Labute approximate surface area is 188 Å². The first-order valence-corrected chi connectivity index (χ1v) is 10.9. The minimum Gasteiger partial charge on any atom is -0.307 e. The summed E-state index contributed by atoms with van der Waals surface area (Å²) in [5.41, 5.74) is 7.89. The predicted molar refractivity (Wildman–Crippen MR) is 129 cm³/mol. The number of benzene rings is 4. The van der Waals surface area contributed by atoms with E-state index in [4.69, 9.17) is 0 Å². The Kier molecular flexibility index (Phi) is 5.39. The van der Waals surface area contributed by atoms with E-state index in [0.29, 0.717) is 24.9 Å². The van der Waals surface area contributed by atoms with Gasteiger partial charge >= 0.3 is 0 Å². The largest absolute Gasteiger partial charge is 0.307 e. The second kappa shape index (κ2) is 8.64. The SMILES string of the molecule is O=Cc1ccc(-c2ccccc2)c2c1CCC(=O)N2Cc1ccc(-c2ccccc2)cc1. The average molecular weight is 418 g/mol. The van der Waals surface area contributed by atoms with Crippen LogP contribution in [0.2, 0.25) is 0 Å². The van der Waals surface area contributed by atoms with E-state index >= 15 is 0 Å². The number of rotatable bonds is 5. The van der Waals surface area contributed by atoms with Gasteiger partial charge in [-0.25, -0.2) is 0 Å². The van der Waals surface area contributed by atoms with Crippen molar-refractivity contribution in [3.8, 4) is 22.3 Å². The summed E-state index contributed by atoms with van der Waals surface area (Å²) in [7, 11) is 0. The predicted octanol–water partition coefficient (Wildman–Crippen LogP) is 6.31. The van der Waals surface area contributed by atoms with Crippen LogP contribution in [0.25, 0.3) is 22.3 Å². The quantitative estimate of drug-likeness (QED) is 0.357. The third kappa shape index (κ3) is 3.74. The van der Waals surface area contributed by atoms with Crippen LogP contribution in [0.4, 0.5) is 5.69 Å². The van der Waals surface area contributed by atoms with Gasteiger partial charge in [0.1, 0.15) is 6.29 Å². The molecule has 4 aromatic rings. The Morgan fingerprint density at radius 1 is 0.688 bits per heavy atom. The molecule has 3 nitrogen and oxygen atoms in total. The number of aldehydes is 1. The summed E-state index contributed by atoms with van der Waals surface area (Å²) in [5, 5.41) is 0. The maximum atomic E-state index is 13.1. The fourth-order valence-corrected chi connectivity index (χ4v) is 4.46. The molecule has 0 spiro atoms. The van der Waals surface area contributed by atoms with Gasteiger partial charge in [0, 0.05) is 17.5 Å². The van der Waals surface area contributed by atoms with Crippen molar-refractivity contribution in [3.63, 3.8) is 0 Å². The van der Waals surface area contributed by atoms with Gasteiger partial charge < -0.3 is 4.90 Å². The third-order valence-corrected chi connectivity index (χ3v) is 6.09. The number of hydrogen-bond donors (Lipinski definition) is 0. The summed E-state index contributed by atoms with van der Waals surface area (Å²) in [6, 6.07) is 32.5. The maximum absolute atomic E-state index is 13.1. The number of anilines is 1. The molecule has 5 rings (SSSR count). The summed E-state index contributed by atoms with van der Waals surface area (Å²) in [4.78, 5) is 26.7. The molecule has 156 valence electrons. The molecule has 0 radical (unpaired) electrons. The van der Waals surface area contributed by atoms with Gasteiger partial charge in [-0.2, -0.15) is 0 Å². The van der Waals surface area contributed by atoms with E-state index in [1.807, 2.05) is 65.6 Å². The van der Waals surface area contributed by atoms with Crippen LogP contribution in [-0.4, -0.2) is 12.2 Å². The van der Waals surface area contributed by atoms with Gasteiger partial charge in [0.05, 0.1) is 12.2 Å². The summed E-state index contributed by atoms with van der Waals surface area (Å²) in [6.45, 7) is 0.475. The molecular formula is C29H23NO2. The zero-order valence-electron chi connectivity index (χ0n) is 17.7. The van der Waals surface area contributed by atoms with Gasteiger partial charge in [0.15, 0.2) is 0 Å². The number of carbonyl (C=O) groups excluding carboxylic acids is 2. The van der Waals surface area contributed by atoms with Crippen LogP contribution in [0.3, 0.4) is 0 Å². The number of amides is 1. The van der Waals surface area contributed by atoms with Crippen molar-refractivity contribution in [2.45, 2.75) is 19.4 Å². The molecule has 0 aliphatic carbocycles. The standard InChI is InChI=1S/C29H23NO2/c31-20-25-15-16-26(24-9-5-2-6-10-24)29-27(25)17-18-28(32)30(29)19-21-11-13-23(14-12-21)22-7-3-1-4-8-22/h1-16,20H,17-19H2.